The van der Waals surface area contributed by atoms with E-state index < -0.39 is 41.3 Å². The van der Waals surface area contributed by atoms with Gasteiger partial charge in [-0.05, 0) is 75.4 Å². The molecule has 37 heavy (non-hydrogen) atoms. The Morgan fingerprint density at radius 1 is 1.16 bits per heavy atom. The topological polar surface area (TPSA) is 120 Å². The van der Waals surface area contributed by atoms with Gasteiger partial charge in [0.05, 0.1) is 24.6 Å². The Morgan fingerprint density at radius 2 is 1.89 bits per heavy atom. The van der Waals surface area contributed by atoms with Crippen molar-refractivity contribution in [2.45, 2.75) is 99.2 Å². The van der Waals surface area contributed by atoms with E-state index in [1.165, 1.54) is 17.3 Å². The number of nitrogens with one attached hydrogen (secondary N) is 2. The van der Waals surface area contributed by atoms with E-state index >= 15 is 0 Å². The summed E-state index contributed by atoms with van der Waals surface area (Å²) in [5.74, 6) is 1.27. The number of hydrogen-bond donors (Lipinski definition) is 5. The molecule has 3 rings (SSSR count). The number of benzene rings is 1. The van der Waals surface area contributed by atoms with E-state index in [1.807, 2.05) is 12.1 Å². The standard InChI is InChI=1S/C27H43ClN2O6S/c1-16(28)21(25-23(32)22(31)24(33)27(36-25)37-3)30-26(34)20-13-10-18(14-15-29-20)7-5-4-6-17-8-11-19(35-2)12-9-17/h8-9,11-12,16,18,20-25,27,29,31-33H,4-7,10,13-15H2,1-3H3,(H,30,34)/t16-,18-,20?,21+,22?,23?,24+,25+,27?/m0/s1. The molecule has 210 valence electrons. The van der Waals surface area contributed by atoms with E-state index in [0.717, 1.165) is 57.2 Å². The third-order valence-electron chi connectivity index (χ3n) is 7.61. The number of aliphatic hydroxyl groups excluding tert-OH is 3. The summed E-state index contributed by atoms with van der Waals surface area (Å²) in [4.78, 5) is 13.2. The molecule has 1 aromatic carbocycles. The van der Waals surface area contributed by atoms with E-state index in [9.17, 15) is 20.1 Å². The predicted octanol–water partition coefficient (Wildman–Crippen LogP) is 2.45. The molecule has 2 aliphatic rings. The summed E-state index contributed by atoms with van der Waals surface area (Å²) in [6.07, 6.45) is 4.06. The van der Waals surface area contributed by atoms with Crippen LogP contribution in [-0.2, 0) is 16.0 Å². The molecule has 9 atom stereocenters. The predicted molar refractivity (Wildman–Crippen MR) is 147 cm³/mol. The number of halogens is 1. The zero-order valence-electron chi connectivity index (χ0n) is 22.0. The molecular weight excluding hydrogens is 516 g/mol. The number of alkyl halides is 1. The molecule has 0 bridgehead atoms. The largest absolute Gasteiger partial charge is 0.497 e. The molecule has 2 heterocycles. The second-order valence-corrected chi connectivity index (χ2v) is 11.8. The smallest absolute Gasteiger partial charge is 0.237 e. The third-order valence-corrected chi connectivity index (χ3v) is 8.73. The van der Waals surface area contributed by atoms with Crippen LogP contribution in [0, 0.1) is 5.92 Å². The minimum absolute atomic E-state index is 0.185. The van der Waals surface area contributed by atoms with Crippen LogP contribution in [0.4, 0.5) is 0 Å². The molecule has 1 aromatic rings. The van der Waals surface area contributed by atoms with Crippen molar-refractivity contribution in [2.24, 2.45) is 5.92 Å². The molecule has 5 N–H and O–H groups in total. The number of amides is 1. The maximum absolute atomic E-state index is 13.2. The fraction of sp³-hybridized carbons (Fsp3) is 0.741. The van der Waals surface area contributed by atoms with Gasteiger partial charge in [0.2, 0.25) is 5.91 Å². The zero-order chi connectivity index (χ0) is 26.9. The van der Waals surface area contributed by atoms with Crippen LogP contribution >= 0.6 is 23.4 Å². The van der Waals surface area contributed by atoms with Gasteiger partial charge in [-0.25, -0.2) is 0 Å². The Labute approximate surface area is 229 Å². The molecule has 8 nitrogen and oxygen atoms in total. The van der Waals surface area contributed by atoms with Crippen LogP contribution in [0.1, 0.15) is 51.0 Å². The number of carbonyl (C=O) groups excluding carboxylic acids is 1. The van der Waals surface area contributed by atoms with Gasteiger partial charge in [0.25, 0.3) is 0 Å². The number of aliphatic hydroxyl groups is 3. The first-order valence-electron chi connectivity index (χ1n) is 13.3. The van der Waals surface area contributed by atoms with Gasteiger partial charge in [-0.15, -0.1) is 23.4 Å². The van der Waals surface area contributed by atoms with Crippen molar-refractivity contribution >= 4 is 29.3 Å². The highest BCUT2D eigenvalue weighted by atomic mass is 35.5. The van der Waals surface area contributed by atoms with Crippen LogP contribution in [0.3, 0.4) is 0 Å². The number of methoxy groups -OCH3 is 1. The summed E-state index contributed by atoms with van der Waals surface area (Å²) in [5, 5.41) is 36.8. The van der Waals surface area contributed by atoms with E-state index in [4.69, 9.17) is 21.1 Å². The fourth-order valence-corrected chi connectivity index (χ4v) is 6.15. The van der Waals surface area contributed by atoms with Crippen LogP contribution in [0.2, 0.25) is 0 Å². The average molecular weight is 559 g/mol. The van der Waals surface area contributed by atoms with Crippen LogP contribution in [-0.4, -0.2) is 88.4 Å². The third kappa shape index (κ3) is 8.46. The molecule has 2 fully saturated rings. The van der Waals surface area contributed by atoms with Crippen LogP contribution in [0.25, 0.3) is 0 Å². The van der Waals surface area contributed by atoms with Gasteiger partial charge in [-0.1, -0.05) is 25.0 Å². The molecule has 0 radical (unpaired) electrons. The van der Waals surface area contributed by atoms with Crippen molar-refractivity contribution in [3.63, 3.8) is 0 Å². The zero-order valence-corrected chi connectivity index (χ0v) is 23.6. The molecule has 4 unspecified atom stereocenters. The molecule has 0 aromatic heterocycles. The lowest BCUT2D eigenvalue weighted by atomic mass is 9.91. The summed E-state index contributed by atoms with van der Waals surface area (Å²) in [5.41, 5.74) is 0.598. The Kier molecular flexibility index (Phi) is 12.3. The number of ether oxygens (including phenoxy) is 2. The molecule has 1 amide bonds. The minimum atomic E-state index is -1.38. The SMILES string of the molecule is COc1ccc(CCCC[C@@H]2CCNC(C(=O)N[C@H]([C@H](C)Cl)[C@H]3OC(SC)[C@H](O)C(O)C3O)CC2)cc1. The number of carbonyl (C=O) groups is 1. The number of rotatable bonds is 11. The maximum Gasteiger partial charge on any atom is 0.237 e. The van der Waals surface area contributed by atoms with Crippen LogP contribution in [0.5, 0.6) is 5.75 Å². The first-order chi connectivity index (χ1) is 17.7. The van der Waals surface area contributed by atoms with Gasteiger partial charge in [0.15, 0.2) is 0 Å². The molecule has 2 aliphatic heterocycles. The average Bonchev–Trinajstić information content (AvgIpc) is 3.15. The van der Waals surface area contributed by atoms with Crippen molar-refractivity contribution in [1.82, 2.24) is 10.6 Å². The first-order valence-corrected chi connectivity index (χ1v) is 15.0. The first kappa shape index (κ1) is 30.5. The summed E-state index contributed by atoms with van der Waals surface area (Å²) < 4.78 is 11.1. The molecule has 0 saturated carbocycles. The monoisotopic (exact) mass is 558 g/mol. The molecule has 0 spiro atoms. The fourth-order valence-electron chi connectivity index (χ4n) is 5.27. The second-order valence-electron chi connectivity index (χ2n) is 10.2. The van der Waals surface area contributed by atoms with E-state index in [-0.39, 0.29) is 11.9 Å². The van der Waals surface area contributed by atoms with E-state index in [2.05, 4.69) is 22.8 Å². The van der Waals surface area contributed by atoms with E-state index in [0.29, 0.717) is 5.92 Å². The molecule has 0 aliphatic carbocycles. The van der Waals surface area contributed by atoms with Crippen molar-refractivity contribution in [3.8, 4) is 5.75 Å². The van der Waals surface area contributed by atoms with Gasteiger partial charge in [-0.3, -0.25) is 4.79 Å². The Morgan fingerprint density at radius 3 is 2.54 bits per heavy atom. The summed E-state index contributed by atoms with van der Waals surface area (Å²) in [6.45, 7) is 2.49. The Bertz CT molecular complexity index is 830. The molecule has 2 saturated heterocycles. The van der Waals surface area contributed by atoms with Crippen molar-refractivity contribution < 1.29 is 29.6 Å². The van der Waals surface area contributed by atoms with Crippen molar-refractivity contribution in [2.75, 3.05) is 19.9 Å². The van der Waals surface area contributed by atoms with Gasteiger partial charge < -0.3 is 35.4 Å². The van der Waals surface area contributed by atoms with Gasteiger partial charge in [-0.2, -0.15) is 0 Å². The highest BCUT2D eigenvalue weighted by Gasteiger charge is 2.48. The number of thioether (sulfide) groups is 1. The van der Waals surface area contributed by atoms with Crippen LogP contribution in [0.15, 0.2) is 24.3 Å². The van der Waals surface area contributed by atoms with Crippen LogP contribution < -0.4 is 15.4 Å². The lowest BCUT2D eigenvalue weighted by Gasteiger charge is -2.44. The molecule has 10 heteroatoms. The highest BCUT2D eigenvalue weighted by Crippen LogP contribution is 2.30. The Hall–Kier alpha value is -1.07. The van der Waals surface area contributed by atoms with Gasteiger partial charge in [0.1, 0.15) is 35.6 Å². The lowest BCUT2D eigenvalue weighted by molar-refractivity contribution is -0.205. The number of hydrogen-bond acceptors (Lipinski definition) is 8. The van der Waals surface area contributed by atoms with Crippen molar-refractivity contribution in [1.29, 1.82) is 0 Å². The summed E-state index contributed by atoms with van der Waals surface area (Å²) in [7, 11) is 1.68. The van der Waals surface area contributed by atoms with E-state index in [1.54, 1.807) is 20.3 Å². The Balaban J connectivity index is 1.47. The number of aryl methyl sites for hydroxylation is 1. The van der Waals surface area contributed by atoms with Gasteiger partial charge >= 0.3 is 0 Å². The van der Waals surface area contributed by atoms with Crippen molar-refractivity contribution in [3.05, 3.63) is 29.8 Å². The summed E-state index contributed by atoms with van der Waals surface area (Å²) >= 11 is 7.64. The number of unbranched alkanes of at least 4 members (excludes halogenated alkanes) is 1. The molecular formula is C27H43ClN2O6S. The normalized spacial score (nSPS) is 32.2. The quantitative estimate of drug-likeness (QED) is 0.207. The summed E-state index contributed by atoms with van der Waals surface area (Å²) in [6, 6.07) is 7.17. The highest BCUT2D eigenvalue weighted by molar-refractivity contribution is 7.99. The lowest BCUT2D eigenvalue weighted by Crippen LogP contribution is -2.65. The minimum Gasteiger partial charge on any atom is -0.497 e. The maximum atomic E-state index is 13.2. The van der Waals surface area contributed by atoms with Gasteiger partial charge in [0, 0.05) is 0 Å². The second kappa shape index (κ2) is 14.9.